The number of hydrogen-bond donors (Lipinski definition) is 1. The zero-order valence-corrected chi connectivity index (χ0v) is 13.7. The lowest BCUT2D eigenvalue weighted by Gasteiger charge is -2.22. The minimum Gasteiger partial charge on any atom is -0.497 e. The number of carbonyl (C=O) groups is 1. The van der Waals surface area contributed by atoms with Crippen LogP contribution in [-0.4, -0.2) is 28.5 Å². The summed E-state index contributed by atoms with van der Waals surface area (Å²) < 4.78 is 33.5. The predicted octanol–water partition coefficient (Wildman–Crippen LogP) is 2.41. The Morgan fingerprint density at radius 1 is 1.29 bits per heavy atom. The van der Waals surface area contributed by atoms with E-state index in [4.69, 9.17) is 4.74 Å². The molecule has 0 atom stereocenters. The first kappa shape index (κ1) is 17.5. The molecule has 1 rings (SSSR count). The number of carbonyl (C=O) groups excluding carboxylic acids is 1. The van der Waals surface area contributed by atoms with Gasteiger partial charge in [0.15, 0.2) is 0 Å². The van der Waals surface area contributed by atoms with Gasteiger partial charge in [-0.05, 0) is 18.6 Å². The van der Waals surface area contributed by atoms with Crippen LogP contribution in [0.3, 0.4) is 0 Å². The molecule has 21 heavy (non-hydrogen) atoms. The van der Waals surface area contributed by atoms with E-state index in [0.29, 0.717) is 12.2 Å². The standard InChI is InChI=1S/C14H21NO5S/c1-6-14(2,3)13(16)15-11-8-7-10(19-4)9-12(11)21(17,18)20-5/h7-9H,6H2,1-5H3,(H,15,16). The summed E-state index contributed by atoms with van der Waals surface area (Å²) in [4.78, 5) is 12.1. The lowest BCUT2D eigenvalue weighted by atomic mass is 9.89. The number of hydrogen-bond acceptors (Lipinski definition) is 5. The van der Waals surface area contributed by atoms with Gasteiger partial charge in [-0.15, -0.1) is 0 Å². The van der Waals surface area contributed by atoms with E-state index in [1.807, 2.05) is 6.92 Å². The predicted molar refractivity (Wildman–Crippen MR) is 79.9 cm³/mol. The Kier molecular flexibility index (Phi) is 5.36. The molecule has 1 amide bonds. The highest BCUT2D eigenvalue weighted by atomic mass is 32.2. The van der Waals surface area contributed by atoms with Crippen molar-refractivity contribution >= 4 is 21.7 Å². The van der Waals surface area contributed by atoms with E-state index in [1.165, 1.54) is 19.2 Å². The number of amides is 1. The monoisotopic (exact) mass is 315 g/mol. The molecule has 0 saturated heterocycles. The Bertz CT molecular complexity index is 622. The average molecular weight is 315 g/mol. The van der Waals surface area contributed by atoms with Gasteiger partial charge in [0.25, 0.3) is 10.1 Å². The van der Waals surface area contributed by atoms with Crippen LogP contribution in [0, 0.1) is 5.41 Å². The maximum atomic E-state index is 12.2. The molecule has 0 aliphatic carbocycles. The Morgan fingerprint density at radius 3 is 2.38 bits per heavy atom. The van der Waals surface area contributed by atoms with Crippen LogP contribution in [0.2, 0.25) is 0 Å². The summed E-state index contributed by atoms with van der Waals surface area (Å²) in [7, 11) is -1.46. The summed E-state index contributed by atoms with van der Waals surface area (Å²) in [6.07, 6.45) is 0.626. The molecule has 0 saturated carbocycles. The molecular formula is C14H21NO5S. The van der Waals surface area contributed by atoms with Crippen LogP contribution in [-0.2, 0) is 19.1 Å². The van der Waals surface area contributed by atoms with Crippen LogP contribution in [0.1, 0.15) is 27.2 Å². The Morgan fingerprint density at radius 2 is 1.90 bits per heavy atom. The fraction of sp³-hybridized carbons (Fsp3) is 0.500. The summed E-state index contributed by atoms with van der Waals surface area (Å²) in [6.45, 7) is 5.47. The third-order valence-electron chi connectivity index (χ3n) is 3.42. The van der Waals surface area contributed by atoms with Crippen molar-refractivity contribution in [3.63, 3.8) is 0 Å². The maximum absolute atomic E-state index is 12.2. The minimum absolute atomic E-state index is 0.135. The van der Waals surface area contributed by atoms with Gasteiger partial charge in [-0.3, -0.25) is 8.98 Å². The van der Waals surface area contributed by atoms with Crippen molar-refractivity contribution in [3.8, 4) is 5.75 Å². The second kappa shape index (κ2) is 6.44. The smallest absolute Gasteiger partial charge is 0.298 e. The molecule has 0 spiro atoms. The highest BCUT2D eigenvalue weighted by molar-refractivity contribution is 7.87. The first-order chi connectivity index (χ1) is 9.67. The van der Waals surface area contributed by atoms with Crippen molar-refractivity contribution in [2.24, 2.45) is 5.41 Å². The van der Waals surface area contributed by atoms with Crippen molar-refractivity contribution in [3.05, 3.63) is 18.2 Å². The van der Waals surface area contributed by atoms with Crippen molar-refractivity contribution in [2.45, 2.75) is 32.1 Å². The van der Waals surface area contributed by atoms with Crippen LogP contribution in [0.25, 0.3) is 0 Å². The van der Waals surface area contributed by atoms with E-state index >= 15 is 0 Å². The molecule has 6 nitrogen and oxygen atoms in total. The van der Waals surface area contributed by atoms with Gasteiger partial charge in [-0.2, -0.15) is 8.42 Å². The molecule has 0 radical (unpaired) electrons. The van der Waals surface area contributed by atoms with Gasteiger partial charge < -0.3 is 10.1 Å². The first-order valence-corrected chi connectivity index (χ1v) is 7.89. The van der Waals surface area contributed by atoms with Crippen LogP contribution in [0.4, 0.5) is 5.69 Å². The number of ether oxygens (including phenoxy) is 1. The largest absolute Gasteiger partial charge is 0.497 e. The zero-order chi connectivity index (χ0) is 16.3. The van der Waals surface area contributed by atoms with Crippen LogP contribution in [0.15, 0.2) is 23.1 Å². The van der Waals surface area contributed by atoms with Crippen molar-refractivity contribution in [1.82, 2.24) is 0 Å². The molecule has 0 unspecified atom stereocenters. The third-order valence-corrected chi connectivity index (χ3v) is 4.74. The van der Waals surface area contributed by atoms with Crippen molar-refractivity contribution < 1.29 is 22.1 Å². The molecule has 118 valence electrons. The van der Waals surface area contributed by atoms with Gasteiger partial charge in [-0.25, -0.2) is 0 Å². The zero-order valence-electron chi connectivity index (χ0n) is 12.9. The lowest BCUT2D eigenvalue weighted by molar-refractivity contribution is -0.124. The highest BCUT2D eigenvalue weighted by Gasteiger charge is 2.28. The fourth-order valence-electron chi connectivity index (χ4n) is 1.48. The van der Waals surface area contributed by atoms with Gasteiger partial charge in [0.05, 0.1) is 19.9 Å². The summed E-state index contributed by atoms with van der Waals surface area (Å²) in [5.41, 5.74) is -0.433. The second-order valence-electron chi connectivity index (χ2n) is 5.17. The first-order valence-electron chi connectivity index (χ1n) is 6.48. The van der Waals surface area contributed by atoms with Crippen LogP contribution >= 0.6 is 0 Å². The van der Waals surface area contributed by atoms with Gasteiger partial charge in [-0.1, -0.05) is 20.8 Å². The summed E-state index contributed by atoms with van der Waals surface area (Å²) in [5.74, 6) is 0.0982. The van der Waals surface area contributed by atoms with Gasteiger partial charge in [0.1, 0.15) is 10.6 Å². The van der Waals surface area contributed by atoms with Gasteiger partial charge in [0.2, 0.25) is 5.91 Å². The normalized spacial score (nSPS) is 12.0. The van der Waals surface area contributed by atoms with Crippen LogP contribution < -0.4 is 10.1 Å². The number of anilines is 1. The molecule has 7 heteroatoms. The van der Waals surface area contributed by atoms with E-state index < -0.39 is 15.5 Å². The molecule has 0 fully saturated rings. The lowest BCUT2D eigenvalue weighted by Crippen LogP contribution is -2.30. The van der Waals surface area contributed by atoms with Crippen LogP contribution in [0.5, 0.6) is 5.75 Å². The molecule has 0 heterocycles. The number of benzene rings is 1. The van der Waals surface area contributed by atoms with E-state index in [2.05, 4.69) is 9.50 Å². The number of methoxy groups -OCH3 is 1. The minimum atomic E-state index is -3.95. The molecule has 0 bridgehead atoms. The van der Waals surface area contributed by atoms with E-state index in [1.54, 1.807) is 19.9 Å². The summed E-state index contributed by atoms with van der Waals surface area (Å²) in [5, 5.41) is 2.64. The molecule has 1 aromatic rings. The van der Waals surface area contributed by atoms with E-state index in [9.17, 15) is 13.2 Å². The number of rotatable bonds is 6. The second-order valence-corrected chi connectivity index (χ2v) is 6.86. The quantitative estimate of drug-likeness (QED) is 0.815. The Hall–Kier alpha value is -1.60. The molecular weight excluding hydrogens is 294 g/mol. The highest BCUT2D eigenvalue weighted by Crippen LogP contribution is 2.30. The Balaban J connectivity index is 3.28. The van der Waals surface area contributed by atoms with E-state index in [0.717, 1.165) is 7.11 Å². The topological polar surface area (TPSA) is 81.7 Å². The van der Waals surface area contributed by atoms with Crippen molar-refractivity contribution in [1.29, 1.82) is 0 Å². The summed E-state index contributed by atoms with van der Waals surface area (Å²) >= 11 is 0. The molecule has 0 aliphatic heterocycles. The molecule has 1 aromatic carbocycles. The molecule has 1 N–H and O–H groups in total. The molecule has 0 aromatic heterocycles. The summed E-state index contributed by atoms with van der Waals surface area (Å²) in [6, 6.07) is 4.37. The SMILES string of the molecule is CCC(C)(C)C(=O)Nc1ccc(OC)cc1S(=O)(=O)OC. The third kappa shape index (κ3) is 3.95. The van der Waals surface area contributed by atoms with Gasteiger partial charge >= 0.3 is 0 Å². The van der Waals surface area contributed by atoms with E-state index in [-0.39, 0.29) is 16.5 Å². The Labute approximate surface area is 125 Å². The van der Waals surface area contributed by atoms with Gasteiger partial charge in [0, 0.05) is 11.5 Å². The maximum Gasteiger partial charge on any atom is 0.298 e. The van der Waals surface area contributed by atoms with Crippen molar-refractivity contribution in [2.75, 3.05) is 19.5 Å². The fourth-order valence-corrected chi connectivity index (χ4v) is 2.31. The average Bonchev–Trinajstić information content (AvgIpc) is 2.47. The molecule has 0 aliphatic rings. The number of nitrogens with one attached hydrogen (secondary N) is 1.